The van der Waals surface area contributed by atoms with E-state index < -0.39 is 11.4 Å². The fourth-order valence-electron chi connectivity index (χ4n) is 0.557. The number of hydrogen-bond acceptors (Lipinski definition) is 4. The topological polar surface area (TPSA) is 72.4 Å². The molecular formula is C7H8Na2O4S. The van der Waals surface area contributed by atoms with Crippen molar-refractivity contribution >= 4 is 11.4 Å². The van der Waals surface area contributed by atoms with Crippen LogP contribution in [0.4, 0.5) is 0 Å². The Labute approximate surface area is 130 Å². The van der Waals surface area contributed by atoms with Crippen molar-refractivity contribution in [3.8, 4) is 5.75 Å². The third-order valence-electron chi connectivity index (χ3n) is 0.979. The van der Waals surface area contributed by atoms with Crippen LogP contribution in [-0.4, -0.2) is 20.4 Å². The van der Waals surface area contributed by atoms with Crippen LogP contribution in [0.3, 0.4) is 0 Å². The van der Waals surface area contributed by atoms with E-state index in [1.807, 2.05) is 30.3 Å². The maximum atomic E-state index is 8.44. The zero-order valence-corrected chi connectivity index (χ0v) is 13.2. The molecule has 0 unspecified atom stereocenters. The van der Waals surface area contributed by atoms with Gasteiger partial charge in [-0.3, -0.25) is 4.21 Å². The van der Waals surface area contributed by atoms with E-state index in [-0.39, 0.29) is 59.1 Å². The monoisotopic (exact) mass is 234 g/mol. The quantitative estimate of drug-likeness (QED) is 0.359. The third-order valence-corrected chi connectivity index (χ3v) is 0.979. The second-order valence-corrected chi connectivity index (χ2v) is 2.13. The molecule has 14 heavy (non-hydrogen) atoms. The fourth-order valence-corrected chi connectivity index (χ4v) is 0.557. The number of methoxy groups -OCH3 is 1. The molecule has 0 radical (unpaired) electrons. The molecular weight excluding hydrogens is 226 g/mol. The smallest absolute Gasteiger partial charge is 0.784 e. The Morgan fingerprint density at radius 2 is 1.50 bits per heavy atom. The number of benzene rings is 1. The van der Waals surface area contributed by atoms with Gasteiger partial charge < -0.3 is 13.8 Å². The first kappa shape index (κ1) is 20.5. The van der Waals surface area contributed by atoms with Gasteiger partial charge in [0.05, 0.1) is 7.11 Å². The first-order valence-corrected chi connectivity index (χ1v) is 4.02. The summed E-state index contributed by atoms with van der Waals surface area (Å²) in [5.74, 6) is 0.910. The molecule has 0 spiro atoms. The standard InChI is InChI=1S/C7H8O.2Na.H2O3S/c1-8-7-5-3-2-4-6-7;;;1-4(2)3/h2-6H,1H3;;;(H2,1,2,3)/q;2*+1;/p-2. The molecule has 0 N–H and O–H groups in total. The molecule has 7 heteroatoms. The van der Waals surface area contributed by atoms with Gasteiger partial charge in [-0.2, -0.15) is 0 Å². The van der Waals surface area contributed by atoms with Crippen LogP contribution in [0.15, 0.2) is 30.3 Å². The van der Waals surface area contributed by atoms with Gasteiger partial charge in [-0.1, -0.05) is 18.2 Å². The van der Waals surface area contributed by atoms with Crippen molar-refractivity contribution < 1.29 is 77.2 Å². The van der Waals surface area contributed by atoms with Gasteiger partial charge in [-0.25, -0.2) is 0 Å². The Balaban J connectivity index is -0.000000180. The maximum Gasteiger partial charge on any atom is 1.00 e. The molecule has 0 aliphatic carbocycles. The Morgan fingerprint density at radius 1 is 1.14 bits per heavy atom. The van der Waals surface area contributed by atoms with Crippen LogP contribution >= 0.6 is 0 Å². The van der Waals surface area contributed by atoms with Crippen molar-refractivity contribution in [2.24, 2.45) is 0 Å². The molecule has 0 amide bonds. The van der Waals surface area contributed by atoms with Crippen LogP contribution in [0, 0.1) is 0 Å². The molecule has 0 fully saturated rings. The minimum absolute atomic E-state index is 0. The summed E-state index contributed by atoms with van der Waals surface area (Å²) in [7, 11) is 1.66. The SMILES string of the molecule is COc1ccccc1.O=S([O-])[O-].[Na+].[Na+]. The molecule has 1 aromatic rings. The summed E-state index contributed by atoms with van der Waals surface area (Å²) < 4.78 is 30.2. The van der Waals surface area contributed by atoms with Crippen LogP contribution in [-0.2, 0) is 11.4 Å². The summed E-state index contributed by atoms with van der Waals surface area (Å²) in [4.78, 5) is 0. The van der Waals surface area contributed by atoms with Crippen molar-refractivity contribution in [2.45, 2.75) is 0 Å². The van der Waals surface area contributed by atoms with E-state index in [9.17, 15) is 0 Å². The minimum atomic E-state index is -3.11. The van der Waals surface area contributed by atoms with Crippen LogP contribution in [0.25, 0.3) is 0 Å². The van der Waals surface area contributed by atoms with E-state index in [0.717, 1.165) is 5.75 Å². The molecule has 0 saturated heterocycles. The first-order valence-electron chi connectivity index (χ1n) is 3.02. The molecule has 0 aliphatic rings. The van der Waals surface area contributed by atoms with Gasteiger partial charge in [0, 0.05) is 0 Å². The minimum Gasteiger partial charge on any atom is -0.784 e. The van der Waals surface area contributed by atoms with Crippen molar-refractivity contribution in [3.05, 3.63) is 30.3 Å². The molecule has 0 bridgehead atoms. The summed E-state index contributed by atoms with van der Waals surface area (Å²) in [6, 6.07) is 9.68. The van der Waals surface area contributed by atoms with Crippen LogP contribution in [0.1, 0.15) is 0 Å². The first-order chi connectivity index (χ1) is 5.66. The van der Waals surface area contributed by atoms with Crippen LogP contribution < -0.4 is 63.9 Å². The van der Waals surface area contributed by atoms with Gasteiger partial charge in [-0.05, 0) is 12.1 Å². The molecule has 4 nitrogen and oxygen atoms in total. The van der Waals surface area contributed by atoms with Gasteiger partial charge in [0.25, 0.3) is 0 Å². The largest absolute Gasteiger partial charge is 1.00 e. The summed E-state index contributed by atoms with van der Waals surface area (Å²) in [6.07, 6.45) is 0. The summed E-state index contributed by atoms with van der Waals surface area (Å²) in [5.41, 5.74) is 0. The third kappa shape index (κ3) is 15.6. The molecule has 0 aromatic heterocycles. The van der Waals surface area contributed by atoms with Crippen LogP contribution in [0.2, 0.25) is 0 Å². The van der Waals surface area contributed by atoms with E-state index in [1.54, 1.807) is 7.11 Å². The van der Waals surface area contributed by atoms with E-state index in [0.29, 0.717) is 0 Å². The van der Waals surface area contributed by atoms with E-state index >= 15 is 0 Å². The molecule has 68 valence electrons. The average Bonchev–Trinajstić information content (AvgIpc) is 2.05. The second kappa shape index (κ2) is 14.1. The van der Waals surface area contributed by atoms with E-state index in [1.165, 1.54) is 0 Å². The van der Waals surface area contributed by atoms with Gasteiger partial charge in [0.15, 0.2) is 0 Å². The van der Waals surface area contributed by atoms with Crippen molar-refractivity contribution in [1.29, 1.82) is 0 Å². The van der Waals surface area contributed by atoms with Gasteiger partial charge >= 0.3 is 59.1 Å². The summed E-state index contributed by atoms with van der Waals surface area (Å²) in [5, 5.41) is 0. The van der Waals surface area contributed by atoms with Crippen molar-refractivity contribution in [2.75, 3.05) is 7.11 Å². The maximum absolute atomic E-state index is 8.44. The Kier molecular flexibility index (Phi) is 20.6. The molecule has 1 rings (SSSR count). The average molecular weight is 234 g/mol. The normalized spacial score (nSPS) is 7.43. The molecule has 0 saturated carbocycles. The summed E-state index contributed by atoms with van der Waals surface area (Å²) in [6.45, 7) is 0. The Hall–Kier alpha value is 1.09. The predicted octanol–water partition coefficient (Wildman–Crippen LogP) is -5.30. The molecule has 0 aliphatic heterocycles. The van der Waals surface area contributed by atoms with Gasteiger partial charge in [-0.15, -0.1) is 11.4 Å². The second-order valence-electron chi connectivity index (χ2n) is 1.72. The van der Waals surface area contributed by atoms with E-state index in [4.69, 9.17) is 18.1 Å². The predicted molar refractivity (Wildman–Crippen MR) is 42.7 cm³/mol. The van der Waals surface area contributed by atoms with Crippen LogP contribution in [0.5, 0.6) is 5.75 Å². The van der Waals surface area contributed by atoms with Crippen molar-refractivity contribution in [3.63, 3.8) is 0 Å². The number of para-hydroxylation sites is 1. The van der Waals surface area contributed by atoms with E-state index in [2.05, 4.69) is 0 Å². The fraction of sp³-hybridized carbons (Fsp3) is 0.143. The molecule has 0 heterocycles. The number of ether oxygens (including phenoxy) is 1. The van der Waals surface area contributed by atoms with Gasteiger partial charge in [0.1, 0.15) is 5.75 Å². The molecule has 1 aromatic carbocycles. The Morgan fingerprint density at radius 3 is 1.71 bits per heavy atom. The van der Waals surface area contributed by atoms with Crippen molar-refractivity contribution in [1.82, 2.24) is 0 Å². The zero-order valence-electron chi connectivity index (χ0n) is 8.43. The van der Waals surface area contributed by atoms with Gasteiger partial charge in [0.2, 0.25) is 0 Å². The molecule has 0 atom stereocenters. The summed E-state index contributed by atoms with van der Waals surface area (Å²) >= 11 is -3.11. The number of hydrogen-bond donors (Lipinski definition) is 0. The zero-order chi connectivity index (χ0) is 9.40. The number of rotatable bonds is 1. The Bertz CT molecular complexity index is 228.